The predicted molar refractivity (Wildman–Crippen MR) is 63.6 cm³/mol. The number of aliphatic carboxylic acids is 1. The summed E-state index contributed by atoms with van der Waals surface area (Å²) in [6.45, 7) is 4.06. The molecule has 92 valence electrons. The second-order valence-electron chi connectivity index (χ2n) is 3.62. The second kappa shape index (κ2) is 6.03. The van der Waals surface area contributed by atoms with Crippen LogP contribution in [0.4, 0.5) is 4.39 Å². The van der Waals surface area contributed by atoms with E-state index >= 15 is 0 Å². The SMILES string of the molecule is CCCOc1ccc(C(C)=C(F)C(=O)O)cc1. The zero-order chi connectivity index (χ0) is 12.8. The molecule has 0 radical (unpaired) electrons. The van der Waals surface area contributed by atoms with Crippen LogP contribution in [0.5, 0.6) is 5.75 Å². The first-order valence-corrected chi connectivity index (χ1v) is 5.39. The summed E-state index contributed by atoms with van der Waals surface area (Å²) in [6.07, 6.45) is 0.911. The first-order valence-electron chi connectivity index (χ1n) is 5.39. The Bertz CT molecular complexity index is 421. The molecule has 0 saturated carbocycles. The number of hydrogen-bond acceptors (Lipinski definition) is 2. The molecule has 1 aromatic carbocycles. The fourth-order valence-corrected chi connectivity index (χ4v) is 1.31. The Morgan fingerprint density at radius 1 is 1.35 bits per heavy atom. The summed E-state index contributed by atoms with van der Waals surface area (Å²) in [5.74, 6) is -1.99. The van der Waals surface area contributed by atoms with Crippen molar-refractivity contribution in [3.05, 3.63) is 35.7 Å². The van der Waals surface area contributed by atoms with Gasteiger partial charge in [0.1, 0.15) is 5.75 Å². The summed E-state index contributed by atoms with van der Waals surface area (Å²) < 4.78 is 18.5. The van der Waals surface area contributed by atoms with E-state index in [0.29, 0.717) is 17.9 Å². The lowest BCUT2D eigenvalue weighted by molar-refractivity contribution is -0.134. The van der Waals surface area contributed by atoms with Gasteiger partial charge in [-0.05, 0) is 36.6 Å². The molecule has 0 unspecified atom stereocenters. The zero-order valence-electron chi connectivity index (χ0n) is 9.87. The van der Waals surface area contributed by atoms with E-state index in [0.717, 1.165) is 6.42 Å². The number of rotatable bonds is 5. The van der Waals surface area contributed by atoms with E-state index in [1.807, 2.05) is 6.92 Å². The number of allylic oxidation sites excluding steroid dienone is 1. The minimum absolute atomic E-state index is 0.111. The van der Waals surface area contributed by atoms with E-state index in [1.54, 1.807) is 24.3 Å². The monoisotopic (exact) mass is 238 g/mol. The molecule has 1 rings (SSSR count). The van der Waals surface area contributed by atoms with Crippen LogP contribution in [0.25, 0.3) is 5.57 Å². The molecule has 0 aromatic heterocycles. The van der Waals surface area contributed by atoms with E-state index in [1.165, 1.54) is 6.92 Å². The first kappa shape index (κ1) is 13.2. The molecule has 0 bridgehead atoms. The van der Waals surface area contributed by atoms with Crippen molar-refractivity contribution in [3.8, 4) is 5.75 Å². The molecule has 4 heteroatoms. The average Bonchev–Trinajstić information content (AvgIpc) is 2.35. The topological polar surface area (TPSA) is 46.5 Å². The summed E-state index contributed by atoms with van der Waals surface area (Å²) >= 11 is 0. The second-order valence-corrected chi connectivity index (χ2v) is 3.62. The molecular formula is C13H15FO3. The third-order valence-corrected chi connectivity index (χ3v) is 2.28. The highest BCUT2D eigenvalue weighted by atomic mass is 19.1. The molecule has 17 heavy (non-hydrogen) atoms. The molecule has 3 nitrogen and oxygen atoms in total. The molecule has 0 aliphatic carbocycles. The molecule has 0 saturated heterocycles. The maximum absolute atomic E-state index is 13.2. The van der Waals surface area contributed by atoms with Crippen molar-refractivity contribution in [1.82, 2.24) is 0 Å². The molecule has 0 heterocycles. The lowest BCUT2D eigenvalue weighted by atomic mass is 10.1. The Kier molecular flexibility index (Phi) is 4.69. The summed E-state index contributed by atoms with van der Waals surface area (Å²) in [5, 5.41) is 8.53. The largest absolute Gasteiger partial charge is 0.494 e. The Hall–Kier alpha value is -1.84. The standard InChI is InChI=1S/C13H15FO3/c1-3-8-17-11-6-4-10(5-7-11)9(2)12(14)13(15)16/h4-7H,3,8H2,1-2H3,(H,15,16). The molecule has 1 aromatic rings. The molecule has 0 aliphatic rings. The van der Waals surface area contributed by atoms with Crippen LogP contribution in [0.3, 0.4) is 0 Å². The van der Waals surface area contributed by atoms with Gasteiger partial charge < -0.3 is 9.84 Å². The van der Waals surface area contributed by atoms with E-state index in [4.69, 9.17) is 9.84 Å². The summed E-state index contributed by atoms with van der Waals surface area (Å²) in [5.41, 5.74) is 0.647. The minimum Gasteiger partial charge on any atom is -0.494 e. The van der Waals surface area contributed by atoms with Crippen LogP contribution in [0.15, 0.2) is 30.1 Å². The van der Waals surface area contributed by atoms with Gasteiger partial charge >= 0.3 is 5.97 Å². The van der Waals surface area contributed by atoms with Crippen molar-refractivity contribution in [2.75, 3.05) is 6.61 Å². The highest BCUT2D eigenvalue weighted by Gasteiger charge is 2.11. The van der Waals surface area contributed by atoms with Crippen molar-refractivity contribution in [2.24, 2.45) is 0 Å². The predicted octanol–water partition coefficient (Wildman–Crippen LogP) is 3.26. The smallest absolute Gasteiger partial charge is 0.365 e. The fraction of sp³-hybridized carbons (Fsp3) is 0.308. The van der Waals surface area contributed by atoms with Gasteiger partial charge in [-0.2, -0.15) is 4.39 Å². The maximum atomic E-state index is 13.2. The van der Waals surface area contributed by atoms with Gasteiger partial charge in [-0.15, -0.1) is 0 Å². The lowest BCUT2D eigenvalue weighted by Gasteiger charge is -2.06. The number of benzene rings is 1. The lowest BCUT2D eigenvalue weighted by Crippen LogP contribution is -1.98. The van der Waals surface area contributed by atoms with E-state index in [-0.39, 0.29) is 5.57 Å². The fourth-order valence-electron chi connectivity index (χ4n) is 1.31. The third-order valence-electron chi connectivity index (χ3n) is 2.28. The van der Waals surface area contributed by atoms with Crippen LogP contribution >= 0.6 is 0 Å². The Labute approximate surface area is 99.5 Å². The van der Waals surface area contributed by atoms with Crippen LogP contribution in [0.1, 0.15) is 25.8 Å². The number of carbonyl (C=O) groups is 1. The highest BCUT2D eigenvalue weighted by molar-refractivity contribution is 5.93. The van der Waals surface area contributed by atoms with Crippen molar-refractivity contribution in [2.45, 2.75) is 20.3 Å². The third kappa shape index (κ3) is 3.59. The van der Waals surface area contributed by atoms with Gasteiger partial charge in [0.25, 0.3) is 0 Å². The van der Waals surface area contributed by atoms with E-state index < -0.39 is 11.8 Å². The van der Waals surface area contributed by atoms with E-state index in [2.05, 4.69) is 0 Å². The average molecular weight is 238 g/mol. The van der Waals surface area contributed by atoms with Crippen molar-refractivity contribution < 1.29 is 19.0 Å². The molecule has 0 spiro atoms. The zero-order valence-corrected chi connectivity index (χ0v) is 9.87. The number of carboxylic acid groups (broad SMARTS) is 1. The Balaban J connectivity index is 2.87. The molecule has 0 fully saturated rings. The number of carboxylic acids is 1. The quantitative estimate of drug-likeness (QED) is 0.801. The summed E-state index contributed by atoms with van der Waals surface area (Å²) in [6, 6.07) is 6.68. The molecule has 0 amide bonds. The maximum Gasteiger partial charge on any atom is 0.365 e. The molecular weight excluding hydrogens is 223 g/mol. The van der Waals surface area contributed by atoms with Crippen molar-refractivity contribution in [1.29, 1.82) is 0 Å². The van der Waals surface area contributed by atoms with Crippen LogP contribution < -0.4 is 4.74 Å². The summed E-state index contributed by atoms with van der Waals surface area (Å²) in [4.78, 5) is 10.5. The first-order chi connectivity index (χ1) is 8.06. The van der Waals surface area contributed by atoms with Gasteiger partial charge in [-0.3, -0.25) is 0 Å². The number of halogens is 1. The highest BCUT2D eigenvalue weighted by Crippen LogP contribution is 2.22. The molecule has 1 N–H and O–H groups in total. The normalized spacial score (nSPS) is 11.9. The Morgan fingerprint density at radius 3 is 2.41 bits per heavy atom. The van der Waals surface area contributed by atoms with Crippen LogP contribution in [-0.4, -0.2) is 17.7 Å². The van der Waals surface area contributed by atoms with Crippen LogP contribution in [-0.2, 0) is 4.79 Å². The van der Waals surface area contributed by atoms with Gasteiger partial charge in [0.2, 0.25) is 5.83 Å². The van der Waals surface area contributed by atoms with Crippen molar-refractivity contribution in [3.63, 3.8) is 0 Å². The minimum atomic E-state index is -1.55. The van der Waals surface area contributed by atoms with Gasteiger partial charge in [0.15, 0.2) is 0 Å². The van der Waals surface area contributed by atoms with Gasteiger partial charge in [-0.1, -0.05) is 19.1 Å². The molecule has 0 aliphatic heterocycles. The Morgan fingerprint density at radius 2 is 1.94 bits per heavy atom. The van der Waals surface area contributed by atoms with Gasteiger partial charge in [-0.25, -0.2) is 4.79 Å². The van der Waals surface area contributed by atoms with Crippen LogP contribution in [0, 0.1) is 0 Å². The molecule has 0 atom stereocenters. The van der Waals surface area contributed by atoms with Gasteiger partial charge in [0, 0.05) is 0 Å². The van der Waals surface area contributed by atoms with Crippen molar-refractivity contribution >= 4 is 11.5 Å². The summed E-state index contributed by atoms with van der Waals surface area (Å²) in [7, 11) is 0. The number of hydrogen-bond donors (Lipinski definition) is 1. The number of ether oxygens (including phenoxy) is 1. The van der Waals surface area contributed by atoms with Crippen LogP contribution in [0.2, 0.25) is 0 Å². The van der Waals surface area contributed by atoms with Gasteiger partial charge in [0.05, 0.1) is 6.61 Å². The van der Waals surface area contributed by atoms with E-state index in [9.17, 15) is 9.18 Å².